The van der Waals surface area contributed by atoms with E-state index in [-0.39, 0.29) is 16.8 Å². The molecule has 55 heavy (non-hydrogen) atoms. The number of hydrogen-bond donors (Lipinski definition) is 8. The first-order valence-corrected chi connectivity index (χ1v) is 17.3. The molecule has 0 unspecified atom stereocenters. The molecule has 0 spiro atoms. The normalized spacial score (nSPS) is 24.5. The van der Waals surface area contributed by atoms with Gasteiger partial charge in [-0.1, -0.05) is 67.6 Å². The number of anilines is 3. The molecule has 3 aliphatic rings. The molecule has 4 aromatic rings. The van der Waals surface area contributed by atoms with Crippen LogP contribution in [0, 0.1) is 11.8 Å². The number of amides is 4. The molecule has 0 saturated heterocycles. The number of nitrogens with one attached hydrogen (secondary N) is 3. The number of ketones is 2. The summed E-state index contributed by atoms with van der Waals surface area (Å²) < 4.78 is 5.98. The zero-order valence-corrected chi connectivity index (χ0v) is 29.7. The number of benzene rings is 4. The third kappa shape index (κ3) is 5.80. The lowest BCUT2D eigenvalue weighted by Crippen LogP contribution is -2.69. The van der Waals surface area contributed by atoms with E-state index in [0.717, 1.165) is 10.8 Å². The van der Waals surface area contributed by atoms with E-state index in [0.29, 0.717) is 11.4 Å². The third-order valence-corrected chi connectivity index (χ3v) is 10.7. The summed E-state index contributed by atoms with van der Waals surface area (Å²) in [6, 6.07) is 21.6. The number of phenolic OH excluding ortho intramolecular Hbond substituents is 1. The summed E-state index contributed by atoms with van der Waals surface area (Å²) in [6.45, 7) is 1.62. The molecule has 0 bridgehead atoms. The molecule has 7 rings (SSSR count). The minimum Gasteiger partial charge on any atom is -0.510 e. The highest BCUT2D eigenvalue weighted by atomic mass is 16.6. The molecule has 0 radical (unpaired) electrons. The lowest BCUT2D eigenvalue weighted by atomic mass is 9.55. The highest BCUT2D eigenvalue weighted by Gasteiger charge is 2.68. The second-order valence-corrected chi connectivity index (χ2v) is 14.0. The molecule has 15 heteroatoms. The zero-order valence-electron chi connectivity index (χ0n) is 29.7. The zero-order chi connectivity index (χ0) is 39.5. The predicted octanol–water partition coefficient (Wildman–Crippen LogP) is 4.71. The van der Waals surface area contributed by atoms with E-state index < -0.39 is 93.5 Å². The summed E-state index contributed by atoms with van der Waals surface area (Å²) in [6.07, 6.45) is -2.69. The van der Waals surface area contributed by atoms with Gasteiger partial charge in [-0.05, 0) is 55.2 Å². The molecule has 0 fully saturated rings. The van der Waals surface area contributed by atoms with Gasteiger partial charge < -0.3 is 41.5 Å². The number of rotatable bonds is 6. The van der Waals surface area contributed by atoms with Crippen LogP contribution in [0.4, 0.5) is 26.7 Å². The lowest BCUT2D eigenvalue weighted by molar-refractivity contribution is -0.162. The Labute approximate surface area is 313 Å². The van der Waals surface area contributed by atoms with Gasteiger partial charge in [0.25, 0.3) is 5.91 Å². The van der Waals surface area contributed by atoms with Crippen LogP contribution in [0.1, 0.15) is 28.8 Å². The molecule has 0 heterocycles. The number of para-hydroxylation sites is 1. The minimum absolute atomic E-state index is 0.178. The van der Waals surface area contributed by atoms with Crippen molar-refractivity contribution in [1.82, 2.24) is 4.90 Å². The van der Waals surface area contributed by atoms with E-state index in [2.05, 4.69) is 16.0 Å². The summed E-state index contributed by atoms with van der Waals surface area (Å²) in [5, 5.41) is 56.7. The van der Waals surface area contributed by atoms with Gasteiger partial charge in [-0.2, -0.15) is 0 Å². The van der Waals surface area contributed by atoms with Crippen LogP contribution in [0.2, 0.25) is 0 Å². The Morgan fingerprint density at radius 1 is 0.836 bits per heavy atom. The number of fused-ring (bicyclic) bond motifs is 4. The molecule has 0 aromatic heterocycles. The van der Waals surface area contributed by atoms with Crippen LogP contribution >= 0.6 is 0 Å². The van der Waals surface area contributed by atoms with E-state index in [4.69, 9.17) is 10.5 Å². The molecule has 3 aliphatic carbocycles. The number of aliphatic hydroxyl groups excluding tert-OH is 2. The number of likely N-dealkylation sites (N-methyl/N-ethyl adjacent to an activating group) is 1. The average Bonchev–Trinajstić information content (AvgIpc) is 3.14. The number of hydrogen-bond acceptors (Lipinski definition) is 11. The standard InChI is InChI=1S/C40H37N5O10/c1-18-21-16-17-24(44-38(52)43-23-15-9-11-19-10-7-8-14-22(19)23)31(46)26(21)32(47)27-25(18)34(55-39(53)42-20-12-5-4-6-13-20)29-30(45(2)3)33(48)28(37(41)51)36(50)40(29,54)35(27)49/h4-18,25,29-30,34,46,48-49,54H,1-3H3,(H2,41,51)(H,42,53)(H2,43,44,52)/t18-,25+,29+,30-,34-,40+/m1/s1. The van der Waals surface area contributed by atoms with Crippen LogP contribution in [0.5, 0.6) is 5.75 Å². The molecule has 6 atom stereocenters. The van der Waals surface area contributed by atoms with Crippen molar-refractivity contribution in [3.63, 3.8) is 0 Å². The largest absolute Gasteiger partial charge is 0.510 e. The average molecular weight is 748 g/mol. The van der Waals surface area contributed by atoms with Crippen molar-refractivity contribution in [2.45, 2.75) is 30.6 Å². The Kier molecular flexibility index (Phi) is 9.07. The number of carbonyl (C=O) groups excluding carboxylic acids is 5. The predicted molar refractivity (Wildman–Crippen MR) is 201 cm³/mol. The first-order chi connectivity index (χ1) is 26.2. The van der Waals surface area contributed by atoms with Gasteiger partial charge in [0, 0.05) is 22.6 Å². The second-order valence-electron chi connectivity index (χ2n) is 14.0. The van der Waals surface area contributed by atoms with Crippen LogP contribution in [0.25, 0.3) is 10.8 Å². The van der Waals surface area contributed by atoms with Gasteiger partial charge in [0.15, 0.2) is 17.1 Å². The van der Waals surface area contributed by atoms with Gasteiger partial charge in [0.05, 0.1) is 28.9 Å². The number of nitrogens with zero attached hydrogens (tertiary/aromatic N) is 1. The third-order valence-electron chi connectivity index (χ3n) is 10.7. The molecule has 4 aromatic carbocycles. The highest BCUT2D eigenvalue weighted by Crippen LogP contribution is 2.57. The summed E-state index contributed by atoms with van der Waals surface area (Å²) >= 11 is 0. The van der Waals surface area contributed by atoms with Gasteiger partial charge in [-0.25, -0.2) is 9.59 Å². The molecule has 15 nitrogen and oxygen atoms in total. The number of aromatic hydroxyl groups is 1. The fourth-order valence-corrected chi connectivity index (χ4v) is 8.24. The van der Waals surface area contributed by atoms with E-state index in [1.54, 1.807) is 49.4 Å². The van der Waals surface area contributed by atoms with Crippen molar-refractivity contribution in [2.24, 2.45) is 17.6 Å². The number of carbonyl (C=O) groups is 5. The first-order valence-electron chi connectivity index (χ1n) is 17.3. The van der Waals surface area contributed by atoms with Crippen molar-refractivity contribution in [2.75, 3.05) is 30.0 Å². The minimum atomic E-state index is -3.13. The maximum absolute atomic E-state index is 14.6. The fourth-order valence-electron chi connectivity index (χ4n) is 8.24. The van der Waals surface area contributed by atoms with Gasteiger partial charge in [0.2, 0.25) is 5.78 Å². The quantitative estimate of drug-likeness (QED) is 0.0993. The molecule has 4 amide bonds. The van der Waals surface area contributed by atoms with Crippen molar-refractivity contribution in [3.8, 4) is 5.75 Å². The number of Topliss-reactive ketones (excluding diaryl/α,β-unsaturated/α-hetero) is 2. The number of aliphatic hydroxyl groups is 3. The Morgan fingerprint density at radius 2 is 1.49 bits per heavy atom. The SMILES string of the molecule is C[C@@H]1c2ccc(NC(=O)Nc3cccc4ccccc34)c(O)c2C(=O)C2=C(O)[C@]3(O)C(=O)C(C(N)=O)=C(O)[C@H](N(C)C)[C@H]3[C@H](OC(=O)Nc3ccccc3)[C@H]21. The Hall–Kier alpha value is -6.71. The van der Waals surface area contributed by atoms with Gasteiger partial charge in [0.1, 0.15) is 23.2 Å². The highest BCUT2D eigenvalue weighted by molar-refractivity contribution is 6.25. The molecule has 0 aliphatic heterocycles. The van der Waals surface area contributed by atoms with Gasteiger partial charge in [-0.3, -0.25) is 24.6 Å². The summed E-state index contributed by atoms with van der Waals surface area (Å²) in [7, 11) is 2.92. The lowest BCUT2D eigenvalue weighted by Gasteiger charge is -2.54. The number of nitrogens with two attached hydrogens (primary N) is 1. The molecule has 0 saturated carbocycles. The van der Waals surface area contributed by atoms with Gasteiger partial charge in [-0.15, -0.1) is 0 Å². The second kappa shape index (κ2) is 13.6. The Morgan fingerprint density at radius 3 is 2.18 bits per heavy atom. The van der Waals surface area contributed by atoms with Crippen LogP contribution in [-0.4, -0.2) is 86.8 Å². The number of urea groups is 1. The Balaban J connectivity index is 1.33. The number of primary amides is 1. The summed E-state index contributed by atoms with van der Waals surface area (Å²) in [5.41, 5.74) is 1.26. The smallest absolute Gasteiger partial charge is 0.411 e. The maximum Gasteiger partial charge on any atom is 0.411 e. The van der Waals surface area contributed by atoms with E-state index in [1.807, 2.05) is 30.3 Å². The first kappa shape index (κ1) is 36.6. The van der Waals surface area contributed by atoms with E-state index >= 15 is 0 Å². The maximum atomic E-state index is 14.6. The summed E-state index contributed by atoms with van der Waals surface area (Å²) in [5.74, 6) is -10.5. The molecular formula is C40H37N5O10. The van der Waals surface area contributed by atoms with Crippen molar-refractivity contribution in [1.29, 1.82) is 0 Å². The van der Waals surface area contributed by atoms with Crippen molar-refractivity contribution < 1.29 is 49.1 Å². The fraction of sp³-hybridized carbons (Fsp3) is 0.225. The number of phenols is 1. The number of ether oxygens (including phenoxy) is 1. The Bertz CT molecular complexity index is 2370. The van der Waals surface area contributed by atoms with Crippen LogP contribution in [0.15, 0.2) is 108 Å². The molecule has 282 valence electrons. The monoisotopic (exact) mass is 747 g/mol. The van der Waals surface area contributed by atoms with Crippen molar-refractivity contribution in [3.05, 3.63) is 119 Å². The van der Waals surface area contributed by atoms with Gasteiger partial charge >= 0.3 is 12.1 Å². The topological polar surface area (TPSA) is 241 Å². The van der Waals surface area contributed by atoms with Crippen LogP contribution in [0.3, 0.4) is 0 Å². The van der Waals surface area contributed by atoms with Crippen LogP contribution < -0.4 is 21.7 Å². The molecule has 9 N–H and O–H groups in total. The summed E-state index contributed by atoms with van der Waals surface area (Å²) in [4.78, 5) is 69.3. The van der Waals surface area contributed by atoms with E-state index in [9.17, 15) is 44.4 Å². The van der Waals surface area contributed by atoms with Crippen molar-refractivity contribution >= 4 is 57.4 Å². The van der Waals surface area contributed by atoms with Crippen LogP contribution in [-0.2, 0) is 14.3 Å². The molecular weight excluding hydrogens is 710 g/mol. The van der Waals surface area contributed by atoms with E-state index in [1.165, 1.54) is 31.1 Å².